The van der Waals surface area contributed by atoms with Crippen LogP contribution in [0.2, 0.25) is 0 Å². The maximum atomic E-state index is 12.7. The first-order valence-corrected chi connectivity index (χ1v) is 10.7. The largest absolute Gasteiger partial charge is 0.346 e. The Labute approximate surface area is 176 Å². The SMILES string of the molecule is O=C(Nc1ccccc1C(=O)NCc1csc(-c2ccccc2)n1)c1cccs1. The van der Waals surface area contributed by atoms with Crippen molar-refractivity contribution in [2.75, 3.05) is 5.32 Å². The summed E-state index contributed by atoms with van der Waals surface area (Å²) in [5, 5.41) is 10.4. The third kappa shape index (κ3) is 4.59. The summed E-state index contributed by atoms with van der Waals surface area (Å²) >= 11 is 2.89. The number of hydrogen-bond donors (Lipinski definition) is 2. The Morgan fingerprint density at radius 2 is 1.66 bits per heavy atom. The molecule has 0 bridgehead atoms. The predicted octanol–water partition coefficient (Wildman–Crippen LogP) is 5.05. The molecule has 29 heavy (non-hydrogen) atoms. The van der Waals surface area contributed by atoms with Gasteiger partial charge in [0, 0.05) is 10.9 Å². The van der Waals surface area contributed by atoms with Crippen molar-refractivity contribution in [1.82, 2.24) is 10.3 Å². The number of thiophene rings is 1. The van der Waals surface area contributed by atoms with Gasteiger partial charge in [0.25, 0.3) is 11.8 Å². The Morgan fingerprint density at radius 3 is 2.45 bits per heavy atom. The Bertz CT molecular complexity index is 1120. The van der Waals surface area contributed by atoms with E-state index in [0.717, 1.165) is 16.3 Å². The first-order valence-electron chi connectivity index (χ1n) is 8.92. The molecule has 2 aromatic carbocycles. The first-order chi connectivity index (χ1) is 14.2. The van der Waals surface area contributed by atoms with E-state index in [9.17, 15) is 9.59 Å². The number of nitrogens with one attached hydrogen (secondary N) is 2. The van der Waals surface area contributed by atoms with Crippen molar-refractivity contribution >= 4 is 40.2 Å². The average molecular weight is 420 g/mol. The van der Waals surface area contributed by atoms with Gasteiger partial charge in [0.15, 0.2) is 0 Å². The molecule has 2 aromatic heterocycles. The number of nitrogens with zero attached hydrogens (tertiary/aromatic N) is 1. The Balaban J connectivity index is 1.43. The fourth-order valence-corrected chi connectivity index (χ4v) is 4.19. The zero-order valence-electron chi connectivity index (χ0n) is 15.3. The summed E-state index contributed by atoms with van der Waals surface area (Å²) < 4.78 is 0. The van der Waals surface area contributed by atoms with E-state index in [-0.39, 0.29) is 11.8 Å². The summed E-state index contributed by atoms with van der Waals surface area (Å²) in [6, 6.07) is 20.4. The molecule has 0 unspecified atom stereocenters. The van der Waals surface area contributed by atoms with Crippen LogP contribution in [0.4, 0.5) is 5.69 Å². The second-order valence-electron chi connectivity index (χ2n) is 6.17. The van der Waals surface area contributed by atoms with Gasteiger partial charge < -0.3 is 10.6 Å². The summed E-state index contributed by atoms with van der Waals surface area (Å²) in [7, 11) is 0. The average Bonchev–Trinajstić information content (AvgIpc) is 3.45. The number of benzene rings is 2. The number of aromatic nitrogens is 1. The lowest BCUT2D eigenvalue weighted by Gasteiger charge is -2.10. The molecular weight excluding hydrogens is 402 g/mol. The van der Waals surface area contributed by atoms with Crippen molar-refractivity contribution < 1.29 is 9.59 Å². The molecule has 4 aromatic rings. The standard InChI is InChI=1S/C22H17N3O2S2/c26-20(23-13-16-14-29-22(24-16)15-7-2-1-3-8-15)17-9-4-5-10-18(17)25-21(27)19-11-6-12-28-19/h1-12,14H,13H2,(H,23,26)(H,25,27). The lowest BCUT2D eigenvalue weighted by molar-refractivity contribution is 0.0951. The van der Waals surface area contributed by atoms with E-state index in [1.54, 1.807) is 41.7 Å². The maximum absolute atomic E-state index is 12.7. The minimum atomic E-state index is -0.263. The van der Waals surface area contributed by atoms with Gasteiger partial charge in [-0.05, 0) is 23.6 Å². The van der Waals surface area contributed by atoms with Crippen molar-refractivity contribution in [2.24, 2.45) is 0 Å². The van der Waals surface area contributed by atoms with Crippen LogP contribution in [0.15, 0.2) is 77.5 Å². The van der Waals surface area contributed by atoms with E-state index < -0.39 is 0 Å². The van der Waals surface area contributed by atoms with Gasteiger partial charge in [-0.1, -0.05) is 48.5 Å². The van der Waals surface area contributed by atoms with Crippen LogP contribution in [0.25, 0.3) is 10.6 Å². The number of hydrogen-bond acceptors (Lipinski definition) is 5. The number of carbonyl (C=O) groups excluding carboxylic acids is 2. The lowest BCUT2D eigenvalue weighted by atomic mass is 10.1. The quantitative estimate of drug-likeness (QED) is 0.459. The number of carbonyl (C=O) groups is 2. The molecule has 0 radical (unpaired) electrons. The first kappa shape index (κ1) is 19.0. The van der Waals surface area contributed by atoms with Gasteiger partial charge in [0.2, 0.25) is 0 Å². The third-order valence-electron chi connectivity index (χ3n) is 4.17. The minimum absolute atomic E-state index is 0.229. The van der Waals surface area contributed by atoms with Crippen molar-refractivity contribution in [3.05, 3.63) is 93.6 Å². The molecule has 4 rings (SSSR count). The van der Waals surface area contributed by atoms with E-state index >= 15 is 0 Å². The summed E-state index contributed by atoms with van der Waals surface area (Å²) in [6.07, 6.45) is 0. The van der Waals surface area contributed by atoms with Crippen LogP contribution in [0.3, 0.4) is 0 Å². The predicted molar refractivity (Wildman–Crippen MR) is 117 cm³/mol. The molecule has 5 nitrogen and oxygen atoms in total. The number of anilines is 1. The van der Waals surface area contributed by atoms with Crippen molar-refractivity contribution in [1.29, 1.82) is 0 Å². The molecule has 0 aliphatic heterocycles. The molecule has 2 N–H and O–H groups in total. The fourth-order valence-electron chi connectivity index (χ4n) is 2.75. The monoisotopic (exact) mass is 419 g/mol. The van der Waals surface area contributed by atoms with Gasteiger partial charge in [-0.25, -0.2) is 4.98 Å². The van der Waals surface area contributed by atoms with E-state index in [4.69, 9.17) is 0 Å². The zero-order chi connectivity index (χ0) is 20.1. The highest BCUT2D eigenvalue weighted by Gasteiger charge is 2.15. The Kier molecular flexibility index (Phi) is 5.79. The molecule has 144 valence electrons. The third-order valence-corrected chi connectivity index (χ3v) is 5.98. The highest BCUT2D eigenvalue weighted by Crippen LogP contribution is 2.23. The second-order valence-corrected chi connectivity index (χ2v) is 7.98. The number of para-hydroxylation sites is 1. The molecule has 0 aliphatic carbocycles. The Hall–Kier alpha value is -3.29. The molecule has 0 saturated heterocycles. The van der Waals surface area contributed by atoms with Crippen LogP contribution in [0, 0.1) is 0 Å². The molecule has 0 fully saturated rings. The lowest BCUT2D eigenvalue weighted by Crippen LogP contribution is -2.24. The van der Waals surface area contributed by atoms with Crippen LogP contribution in [-0.2, 0) is 6.54 Å². The number of rotatable bonds is 6. The van der Waals surface area contributed by atoms with E-state index in [1.165, 1.54) is 11.3 Å². The zero-order valence-corrected chi connectivity index (χ0v) is 16.9. The smallest absolute Gasteiger partial charge is 0.265 e. The van der Waals surface area contributed by atoms with Gasteiger partial charge in [-0.3, -0.25) is 9.59 Å². The molecule has 2 heterocycles. The number of thiazole rings is 1. The van der Waals surface area contributed by atoms with E-state index in [1.807, 2.05) is 47.2 Å². The topological polar surface area (TPSA) is 71.1 Å². The molecule has 2 amide bonds. The molecular formula is C22H17N3O2S2. The summed E-state index contributed by atoms with van der Waals surface area (Å²) in [5.74, 6) is -0.492. The highest BCUT2D eigenvalue weighted by molar-refractivity contribution is 7.13. The van der Waals surface area contributed by atoms with Crippen LogP contribution >= 0.6 is 22.7 Å². The minimum Gasteiger partial charge on any atom is -0.346 e. The Morgan fingerprint density at radius 1 is 0.862 bits per heavy atom. The van der Waals surface area contributed by atoms with Gasteiger partial charge in [0.1, 0.15) is 5.01 Å². The molecule has 0 spiro atoms. The van der Waals surface area contributed by atoms with Gasteiger partial charge >= 0.3 is 0 Å². The van der Waals surface area contributed by atoms with Crippen LogP contribution in [0.1, 0.15) is 25.7 Å². The van der Waals surface area contributed by atoms with Gasteiger partial charge in [-0.2, -0.15) is 0 Å². The molecule has 0 aliphatic rings. The highest BCUT2D eigenvalue weighted by atomic mass is 32.1. The fraction of sp³-hybridized carbons (Fsp3) is 0.0455. The van der Waals surface area contributed by atoms with Gasteiger partial charge in [0.05, 0.1) is 28.4 Å². The van der Waals surface area contributed by atoms with Crippen molar-refractivity contribution in [3.8, 4) is 10.6 Å². The number of amides is 2. The summed E-state index contributed by atoms with van der Waals surface area (Å²) in [5.41, 5.74) is 2.74. The van der Waals surface area contributed by atoms with Crippen LogP contribution in [-0.4, -0.2) is 16.8 Å². The van der Waals surface area contributed by atoms with Crippen LogP contribution < -0.4 is 10.6 Å². The van der Waals surface area contributed by atoms with E-state index in [2.05, 4.69) is 15.6 Å². The second kappa shape index (κ2) is 8.81. The normalized spacial score (nSPS) is 10.5. The van der Waals surface area contributed by atoms with Crippen LogP contribution in [0.5, 0.6) is 0 Å². The summed E-state index contributed by atoms with van der Waals surface area (Å²) in [6.45, 7) is 0.315. The molecule has 0 saturated carbocycles. The maximum Gasteiger partial charge on any atom is 0.265 e. The van der Waals surface area contributed by atoms with Crippen molar-refractivity contribution in [2.45, 2.75) is 6.54 Å². The molecule has 7 heteroatoms. The van der Waals surface area contributed by atoms with Crippen molar-refractivity contribution in [3.63, 3.8) is 0 Å². The van der Waals surface area contributed by atoms with Gasteiger partial charge in [-0.15, -0.1) is 22.7 Å². The molecule has 0 atom stereocenters. The summed E-state index contributed by atoms with van der Waals surface area (Å²) in [4.78, 5) is 30.2. The van der Waals surface area contributed by atoms with E-state index in [0.29, 0.717) is 22.7 Å².